The minimum atomic E-state index is -0.648. The summed E-state index contributed by atoms with van der Waals surface area (Å²) in [6, 6.07) is 8.93. The second-order valence-electron chi connectivity index (χ2n) is 6.47. The van der Waals surface area contributed by atoms with Gasteiger partial charge < -0.3 is 9.84 Å². The summed E-state index contributed by atoms with van der Waals surface area (Å²) in [4.78, 5) is 25.4. The van der Waals surface area contributed by atoms with Crippen molar-refractivity contribution in [3.8, 4) is 11.4 Å². The van der Waals surface area contributed by atoms with E-state index in [4.69, 9.17) is 4.52 Å². The third-order valence-corrected chi connectivity index (χ3v) is 4.73. The molecule has 7 heteroatoms. The fourth-order valence-electron chi connectivity index (χ4n) is 3.36. The van der Waals surface area contributed by atoms with Gasteiger partial charge in [-0.15, -0.1) is 0 Å². The number of carbonyl (C=O) groups excluding carboxylic acids is 1. The lowest BCUT2D eigenvalue weighted by atomic mass is 9.81. The van der Waals surface area contributed by atoms with Gasteiger partial charge in [-0.1, -0.05) is 30.5 Å². The molecule has 0 aliphatic heterocycles. The molecule has 0 spiro atoms. The summed E-state index contributed by atoms with van der Waals surface area (Å²) in [7, 11) is 0. The van der Waals surface area contributed by atoms with E-state index < -0.39 is 5.54 Å². The Balaban J connectivity index is 1.65. The van der Waals surface area contributed by atoms with Crippen LogP contribution < -0.4 is 5.32 Å². The van der Waals surface area contributed by atoms with Crippen LogP contribution in [0, 0.1) is 0 Å². The molecule has 1 aliphatic rings. The molecule has 7 nitrogen and oxygen atoms in total. The molecule has 0 radical (unpaired) electrons. The SMILES string of the molecule is O=C(NC1(c2nc(-c3ccncc3)no2)CCCCC1)c1ccccn1. The molecular weight excluding hydrogens is 330 g/mol. The van der Waals surface area contributed by atoms with Crippen molar-refractivity contribution in [3.05, 3.63) is 60.5 Å². The highest BCUT2D eigenvalue weighted by molar-refractivity contribution is 5.92. The van der Waals surface area contributed by atoms with Gasteiger partial charge in [-0.2, -0.15) is 4.98 Å². The molecular formula is C19H19N5O2. The molecule has 0 aromatic carbocycles. The molecule has 1 amide bonds. The monoisotopic (exact) mass is 349 g/mol. The Morgan fingerprint density at radius 2 is 1.85 bits per heavy atom. The molecule has 26 heavy (non-hydrogen) atoms. The Hall–Kier alpha value is -3.09. The Morgan fingerprint density at radius 1 is 1.04 bits per heavy atom. The highest BCUT2D eigenvalue weighted by Gasteiger charge is 2.41. The maximum atomic E-state index is 12.7. The molecule has 3 aromatic heterocycles. The molecule has 1 N–H and O–H groups in total. The van der Waals surface area contributed by atoms with E-state index >= 15 is 0 Å². The van der Waals surface area contributed by atoms with Crippen LogP contribution in [-0.4, -0.2) is 26.0 Å². The number of hydrogen-bond acceptors (Lipinski definition) is 6. The zero-order valence-electron chi connectivity index (χ0n) is 14.3. The van der Waals surface area contributed by atoms with Gasteiger partial charge in [0.15, 0.2) is 0 Å². The zero-order valence-corrected chi connectivity index (χ0v) is 14.3. The predicted octanol–water partition coefficient (Wildman–Crippen LogP) is 3.12. The third-order valence-electron chi connectivity index (χ3n) is 4.73. The van der Waals surface area contributed by atoms with Crippen molar-refractivity contribution in [2.24, 2.45) is 0 Å². The average molecular weight is 349 g/mol. The Morgan fingerprint density at radius 3 is 2.58 bits per heavy atom. The van der Waals surface area contributed by atoms with Gasteiger partial charge in [0.25, 0.3) is 11.8 Å². The van der Waals surface area contributed by atoms with Crippen molar-refractivity contribution in [2.45, 2.75) is 37.6 Å². The Labute approximate surface area is 150 Å². The van der Waals surface area contributed by atoms with Crippen molar-refractivity contribution < 1.29 is 9.32 Å². The average Bonchev–Trinajstić information content (AvgIpc) is 3.21. The molecule has 3 heterocycles. The molecule has 1 aliphatic carbocycles. The van der Waals surface area contributed by atoms with Gasteiger partial charge in [0.05, 0.1) is 0 Å². The largest absolute Gasteiger partial charge is 0.336 e. The summed E-state index contributed by atoms with van der Waals surface area (Å²) in [5.41, 5.74) is 0.564. The number of hydrogen-bond donors (Lipinski definition) is 1. The predicted molar refractivity (Wildman–Crippen MR) is 94.0 cm³/mol. The highest BCUT2D eigenvalue weighted by Crippen LogP contribution is 2.37. The summed E-state index contributed by atoms with van der Waals surface area (Å²) >= 11 is 0. The lowest BCUT2D eigenvalue weighted by Gasteiger charge is -2.34. The van der Waals surface area contributed by atoms with E-state index in [1.807, 2.05) is 12.1 Å². The van der Waals surface area contributed by atoms with Gasteiger partial charge in [-0.05, 0) is 37.1 Å². The maximum Gasteiger partial charge on any atom is 0.270 e. The van der Waals surface area contributed by atoms with Gasteiger partial charge in [0, 0.05) is 24.2 Å². The van der Waals surface area contributed by atoms with Crippen LogP contribution in [0.1, 0.15) is 48.5 Å². The van der Waals surface area contributed by atoms with E-state index in [0.29, 0.717) is 17.4 Å². The summed E-state index contributed by atoms with van der Waals surface area (Å²) in [5, 5.41) is 7.23. The first-order valence-corrected chi connectivity index (χ1v) is 8.75. The standard InChI is InChI=1S/C19H19N5O2/c25-17(15-6-2-5-11-21-15)23-19(9-3-1-4-10-19)18-22-16(24-26-18)14-7-12-20-13-8-14/h2,5-8,11-13H,1,3-4,9-10H2,(H,23,25). The molecule has 1 saturated carbocycles. The van der Waals surface area contributed by atoms with E-state index in [9.17, 15) is 4.79 Å². The van der Waals surface area contributed by atoms with E-state index in [-0.39, 0.29) is 5.91 Å². The van der Waals surface area contributed by atoms with Crippen molar-refractivity contribution in [3.63, 3.8) is 0 Å². The normalized spacial score (nSPS) is 16.2. The van der Waals surface area contributed by atoms with Crippen LogP contribution in [-0.2, 0) is 5.54 Å². The van der Waals surface area contributed by atoms with Gasteiger partial charge in [-0.25, -0.2) is 0 Å². The van der Waals surface area contributed by atoms with Crippen LogP contribution in [0.3, 0.4) is 0 Å². The van der Waals surface area contributed by atoms with Crippen molar-refractivity contribution in [1.29, 1.82) is 0 Å². The van der Waals surface area contributed by atoms with E-state index in [1.54, 1.807) is 36.8 Å². The topological polar surface area (TPSA) is 93.8 Å². The van der Waals surface area contributed by atoms with Gasteiger partial charge in [-0.3, -0.25) is 14.8 Å². The lowest BCUT2D eigenvalue weighted by molar-refractivity contribution is 0.0819. The molecule has 3 aromatic rings. The van der Waals surface area contributed by atoms with Crippen LogP contribution in [0.15, 0.2) is 53.4 Å². The number of pyridine rings is 2. The van der Waals surface area contributed by atoms with E-state index in [2.05, 4.69) is 25.4 Å². The number of amides is 1. The van der Waals surface area contributed by atoms with Crippen LogP contribution in [0.25, 0.3) is 11.4 Å². The molecule has 0 saturated heterocycles. The number of nitrogens with zero attached hydrogens (tertiary/aromatic N) is 4. The van der Waals surface area contributed by atoms with Crippen molar-refractivity contribution >= 4 is 5.91 Å². The van der Waals surface area contributed by atoms with Gasteiger partial charge in [0.1, 0.15) is 11.2 Å². The zero-order chi connectivity index (χ0) is 17.8. The van der Waals surface area contributed by atoms with Crippen LogP contribution in [0.4, 0.5) is 0 Å². The third kappa shape index (κ3) is 3.20. The fraction of sp³-hybridized carbons (Fsp3) is 0.316. The molecule has 4 rings (SSSR count). The fourth-order valence-corrected chi connectivity index (χ4v) is 3.36. The second-order valence-corrected chi connectivity index (χ2v) is 6.47. The number of rotatable bonds is 4. The van der Waals surface area contributed by atoms with Crippen LogP contribution >= 0.6 is 0 Å². The van der Waals surface area contributed by atoms with Gasteiger partial charge in [0.2, 0.25) is 5.82 Å². The summed E-state index contributed by atoms with van der Waals surface area (Å²) < 4.78 is 5.58. The van der Waals surface area contributed by atoms with E-state index in [0.717, 1.165) is 37.7 Å². The summed E-state index contributed by atoms with van der Waals surface area (Å²) in [5.74, 6) is 0.726. The first-order valence-electron chi connectivity index (χ1n) is 8.75. The van der Waals surface area contributed by atoms with E-state index in [1.165, 1.54) is 0 Å². The summed E-state index contributed by atoms with van der Waals surface area (Å²) in [6.07, 6.45) is 9.64. The molecule has 1 fully saturated rings. The molecule has 0 bridgehead atoms. The quantitative estimate of drug-likeness (QED) is 0.778. The number of nitrogens with one attached hydrogen (secondary N) is 1. The molecule has 0 atom stereocenters. The number of aromatic nitrogens is 4. The first kappa shape index (κ1) is 16.4. The van der Waals surface area contributed by atoms with Crippen LogP contribution in [0.5, 0.6) is 0 Å². The minimum absolute atomic E-state index is 0.226. The molecule has 0 unspecified atom stereocenters. The first-order chi connectivity index (χ1) is 12.8. The highest BCUT2D eigenvalue weighted by atomic mass is 16.5. The van der Waals surface area contributed by atoms with Crippen LogP contribution in [0.2, 0.25) is 0 Å². The smallest absolute Gasteiger partial charge is 0.270 e. The minimum Gasteiger partial charge on any atom is -0.336 e. The molecule has 132 valence electrons. The second kappa shape index (κ2) is 7.03. The number of carbonyl (C=O) groups is 1. The Bertz CT molecular complexity index is 873. The summed E-state index contributed by atoms with van der Waals surface area (Å²) in [6.45, 7) is 0. The maximum absolute atomic E-state index is 12.7. The lowest BCUT2D eigenvalue weighted by Crippen LogP contribution is -2.47. The van der Waals surface area contributed by atoms with Gasteiger partial charge >= 0.3 is 0 Å². The Kier molecular flexibility index (Phi) is 4.43. The van der Waals surface area contributed by atoms with Crippen molar-refractivity contribution in [1.82, 2.24) is 25.4 Å². The van der Waals surface area contributed by atoms with Crippen molar-refractivity contribution in [2.75, 3.05) is 0 Å².